The molecule has 2 aromatic rings. The fourth-order valence-corrected chi connectivity index (χ4v) is 12.3. The highest BCUT2D eigenvalue weighted by molar-refractivity contribution is 9.09. The van der Waals surface area contributed by atoms with Crippen LogP contribution in [0.15, 0.2) is 60.7 Å². The fourth-order valence-electron chi connectivity index (χ4n) is 11.3. The second-order valence-corrected chi connectivity index (χ2v) is 17.9. The monoisotopic (exact) mass is 694 g/mol. The van der Waals surface area contributed by atoms with Crippen LogP contribution >= 0.6 is 31.9 Å². The van der Waals surface area contributed by atoms with Crippen molar-refractivity contribution in [2.24, 2.45) is 44.3 Å². The van der Waals surface area contributed by atoms with Crippen molar-refractivity contribution in [3.63, 3.8) is 0 Å². The average molecular weight is 697 g/mol. The number of fused-ring (bicyclic) bond motifs is 4. The summed E-state index contributed by atoms with van der Waals surface area (Å²) in [6, 6.07) is 21.2. The quantitative estimate of drug-likeness (QED) is 0.245. The van der Waals surface area contributed by atoms with Crippen LogP contribution in [0.1, 0.15) is 114 Å². The van der Waals surface area contributed by atoms with Gasteiger partial charge in [-0.15, -0.1) is 0 Å². The molecule has 0 saturated heterocycles. The Balaban J connectivity index is 1.51. The van der Waals surface area contributed by atoms with E-state index in [1.165, 1.54) is 11.1 Å². The van der Waals surface area contributed by atoms with Gasteiger partial charge in [-0.1, -0.05) is 134 Å². The molecule has 0 amide bonds. The highest BCUT2D eigenvalue weighted by Crippen LogP contribution is 2.83. The molecule has 0 unspecified atom stereocenters. The number of rotatable bonds is 9. The molecule has 42 heavy (non-hydrogen) atoms. The number of carbonyl (C=O) groups excluding carboxylic acids is 2. The molecule has 0 aromatic heterocycles. The Hall–Kier alpha value is -1.26. The van der Waals surface area contributed by atoms with Gasteiger partial charge >= 0.3 is 0 Å². The fraction of sp³-hybridized carbons (Fsp3) is 0.632. The molecular weight excluding hydrogens is 648 g/mol. The zero-order valence-electron chi connectivity index (χ0n) is 26.3. The van der Waals surface area contributed by atoms with Gasteiger partial charge in [0.25, 0.3) is 0 Å². The maximum absolute atomic E-state index is 15.4. The van der Waals surface area contributed by atoms with Gasteiger partial charge in [0.1, 0.15) is 11.6 Å². The zero-order valence-corrected chi connectivity index (χ0v) is 29.5. The van der Waals surface area contributed by atoms with E-state index in [-0.39, 0.29) is 43.2 Å². The molecule has 0 aliphatic heterocycles. The molecule has 8 atom stereocenters. The first-order chi connectivity index (χ1) is 19.7. The lowest BCUT2D eigenvalue weighted by Gasteiger charge is -2.56. The minimum Gasteiger partial charge on any atom is -0.298 e. The van der Waals surface area contributed by atoms with Gasteiger partial charge in [0.05, 0.1) is 0 Å². The SMILES string of the molecule is CC1(C)[C@H]2CC[C@@]1(C)C(=O)[C@]2(CC[C@H](Br)c1ccccc1)[C@]1(CC[C@H](Br)c2ccccc2)C(=O)[C@]2(C)CC[C@H]1C2(C)C. The van der Waals surface area contributed by atoms with Gasteiger partial charge in [0.15, 0.2) is 0 Å². The predicted octanol–water partition coefficient (Wildman–Crippen LogP) is 10.8. The third-order valence-corrected chi connectivity index (χ3v) is 16.1. The average Bonchev–Trinajstić information content (AvgIpc) is 3.46. The Bertz CT molecular complexity index is 1260. The maximum atomic E-state index is 15.4. The first kappa shape index (κ1) is 30.8. The van der Waals surface area contributed by atoms with Crippen molar-refractivity contribution in [2.75, 3.05) is 0 Å². The number of Topliss-reactive ketones (excluding diaryl/α,β-unsaturated/α-hetero) is 2. The number of halogens is 2. The lowest BCUT2D eigenvalue weighted by molar-refractivity contribution is -0.167. The number of hydrogen-bond donors (Lipinski definition) is 0. The highest BCUT2D eigenvalue weighted by Gasteiger charge is 2.85. The first-order valence-electron chi connectivity index (χ1n) is 16.2. The summed E-state index contributed by atoms with van der Waals surface area (Å²) in [4.78, 5) is 31.2. The van der Waals surface area contributed by atoms with Gasteiger partial charge in [0, 0.05) is 31.3 Å². The summed E-state index contributed by atoms with van der Waals surface area (Å²) < 4.78 is 0. The van der Waals surface area contributed by atoms with Gasteiger partial charge in [-0.05, 0) is 85.2 Å². The minimum absolute atomic E-state index is 0.133. The lowest BCUT2D eigenvalue weighted by Crippen LogP contribution is -2.60. The van der Waals surface area contributed by atoms with E-state index >= 15 is 9.59 Å². The lowest BCUT2D eigenvalue weighted by atomic mass is 9.45. The third kappa shape index (κ3) is 3.72. The number of ketones is 2. The van der Waals surface area contributed by atoms with Crippen LogP contribution < -0.4 is 0 Å². The van der Waals surface area contributed by atoms with E-state index in [1.54, 1.807) is 0 Å². The molecule has 0 heterocycles. The number of benzene rings is 2. The van der Waals surface area contributed by atoms with Crippen molar-refractivity contribution >= 4 is 43.4 Å². The molecule has 2 aromatic carbocycles. The van der Waals surface area contributed by atoms with Crippen molar-refractivity contribution in [3.05, 3.63) is 71.8 Å². The van der Waals surface area contributed by atoms with E-state index < -0.39 is 10.8 Å². The summed E-state index contributed by atoms with van der Waals surface area (Å²) >= 11 is 8.07. The van der Waals surface area contributed by atoms with E-state index in [0.717, 1.165) is 51.4 Å². The Morgan fingerprint density at radius 1 is 0.619 bits per heavy atom. The van der Waals surface area contributed by atoms with Crippen LogP contribution in [0.5, 0.6) is 0 Å². The van der Waals surface area contributed by atoms with Crippen molar-refractivity contribution in [1.82, 2.24) is 0 Å². The van der Waals surface area contributed by atoms with Crippen LogP contribution in [0.2, 0.25) is 0 Å². The third-order valence-electron chi connectivity index (χ3n) is 14.2. The van der Waals surface area contributed by atoms with Gasteiger partial charge in [0.2, 0.25) is 0 Å². The molecule has 4 saturated carbocycles. The second-order valence-electron chi connectivity index (χ2n) is 15.7. The Morgan fingerprint density at radius 2 is 0.952 bits per heavy atom. The van der Waals surface area contributed by atoms with E-state index in [4.69, 9.17) is 0 Å². The molecule has 4 aliphatic carbocycles. The molecular formula is C38H48Br2O2. The molecule has 0 N–H and O–H groups in total. The van der Waals surface area contributed by atoms with Gasteiger partial charge in [-0.2, -0.15) is 0 Å². The molecule has 2 nitrogen and oxygen atoms in total. The molecule has 0 radical (unpaired) electrons. The summed E-state index contributed by atoms with van der Waals surface area (Å²) in [7, 11) is 0. The number of hydrogen-bond acceptors (Lipinski definition) is 2. The molecule has 4 bridgehead atoms. The van der Waals surface area contributed by atoms with Crippen LogP contribution in [-0.4, -0.2) is 11.6 Å². The molecule has 4 fully saturated rings. The minimum atomic E-state index is -0.648. The molecule has 226 valence electrons. The van der Waals surface area contributed by atoms with Crippen LogP contribution in [0.4, 0.5) is 0 Å². The standard InChI is InChI=1S/C38H48Br2O2/c1-33(2)29-19-21-35(33,5)31(41)37(29,23-17-27(39)25-13-9-7-10-14-25)38(24-18-28(40)26-15-11-8-12-16-26)30-20-22-36(6,32(38)42)34(30,3)4/h7-16,27-30H,17-24H2,1-6H3/t27-,28-,29-,30+,35-,36-,37-,38+/m0/s1. The Labute approximate surface area is 270 Å². The molecule has 6 rings (SSSR count). The number of alkyl halides is 2. The smallest absolute Gasteiger partial charge is 0.146 e. The highest BCUT2D eigenvalue weighted by atomic mass is 79.9. The largest absolute Gasteiger partial charge is 0.298 e. The van der Waals surface area contributed by atoms with Crippen molar-refractivity contribution in [2.45, 2.75) is 103 Å². The van der Waals surface area contributed by atoms with Crippen LogP contribution in [0, 0.1) is 44.3 Å². The van der Waals surface area contributed by atoms with Crippen molar-refractivity contribution < 1.29 is 9.59 Å². The van der Waals surface area contributed by atoms with Crippen LogP contribution in [0.3, 0.4) is 0 Å². The van der Waals surface area contributed by atoms with Gasteiger partial charge in [-0.25, -0.2) is 0 Å². The van der Waals surface area contributed by atoms with E-state index in [0.29, 0.717) is 11.6 Å². The summed E-state index contributed by atoms with van der Waals surface area (Å²) in [5.41, 5.74) is 0.158. The van der Waals surface area contributed by atoms with Crippen molar-refractivity contribution in [3.8, 4) is 0 Å². The van der Waals surface area contributed by atoms with E-state index in [1.807, 2.05) is 0 Å². The summed E-state index contributed by atoms with van der Waals surface area (Å²) in [5, 5.41) is 0. The summed E-state index contributed by atoms with van der Waals surface area (Å²) in [5.74, 6) is 1.25. The van der Waals surface area contributed by atoms with Crippen LogP contribution in [0.25, 0.3) is 0 Å². The predicted molar refractivity (Wildman–Crippen MR) is 179 cm³/mol. The topological polar surface area (TPSA) is 34.1 Å². The van der Waals surface area contributed by atoms with Gasteiger partial charge < -0.3 is 0 Å². The Morgan fingerprint density at radius 3 is 1.24 bits per heavy atom. The van der Waals surface area contributed by atoms with Gasteiger partial charge in [-0.3, -0.25) is 9.59 Å². The molecule has 4 heteroatoms. The summed E-state index contributed by atoms with van der Waals surface area (Å²) in [6.45, 7) is 13.9. The molecule has 0 spiro atoms. The molecule has 4 aliphatic rings. The van der Waals surface area contributed by atoms with E-state index in [2.05, 4.69) is 134 Å². The van der Waals surface area contributed by atoms with E-state index in [9.17, 15) is 0 Å². The maximum Gasteiger partial charge on any atom is 0.146 e. The Kier molecular flexibility index (Phi) is 7.42. The second kappa shape index (κ2) is 10.1. The number of carbonyl (C=O) groups is 2. The van der Waals surface area contributed by atoms with Crippen LogP contribution in [-0.2, 0) is 9.59 Å². The normalized spacial score (nSPS) is 39.1. The zero-order chi connectivity index (χ0) is 30.3. The first-order valence-corrected chi connectivity index (χ1v) is 18.0. The summed E-state index contributed by atoms with van der Waals surface area (Å²) in [6.07, 6.45) is 7.23. The van der Waals surface area contributed by atoms with Crippen molar-refractivity contribution in [1.29, 1.82) is 0 Å².